The normalized spacial score (nSPS) is 14.2. The lowest BCUT2D eigenvalue weighted by Gasteiger charge is -2.28. The molecule has 1 aliphatic heterocycles. The standard InChI is InChI=1S/C22H18F2N2O3S/c23-20-9-7-16(13-21(20)24)22(27)25-18-8-6-15-10-11-26(14-17(15)12-18)30(28,29)19-4-2-1-3-5-19/h1-9,12-13H,10-11,14H2,(H,25,27). The van der Waals surface area contributed by atoms with Crippen LogP contribution in [0.4, 0.5) is 14.5 Å². The van der Waals surface area contributed by atoms with Crippen LogP contribution in [0.25, 0.3) is 0 Å². The summed E-state index contributed by atoms with van der Waals surface area (Å²) in [6, 6.07) is 16.4. The van der Waals surface area contributed by atoms with Crippen LogP contribution in [0.2, 0.25) is 0 Å². The van der Waals surface area contributed by atoms with E-state index in [1.807, 2.05) is 6.07 Å². The van der Waals surface area contributed by atoms with Crippen LogP contribution in [0.15, 0.2) is 71.6 Å². The van der Waals surface area contributed by atoms with Crippen molar-refractivity contribution in [1.82, 2.24) is 4.31 Å². The Kier molecular flexibility index (Phi) is 5.36. The highest BCUT2D eigenvalue weighted by Gasteiger charge is 2.28. The molecule has 1 N–H and O–H groups in total. The van der Waals surface area contributed by atoms with Crippen molar-refractivity contribution in [1.29, 1.82) is 0 Å². The number of anilines is 1. The zero-order chi connectivity index (χ0) is 21.3. The Bertz CT molecular complexity index is 1210. The van der Waals surface area contributed by atoms with E-state index in [2.05, 4.69) is 5.32 Å². The van der Waals surface area contributed by atoms with E-state index in [9.17, 15) is 22.0 Å². The second-order valence-corrected chi connectivity index (χ2v) is 8.91. The fraction of sp³-hybridized carbons (Fsp3) is 0.136. The van der Waals surface area contributed by atoms with Crippen molar-refractivity contribution in [3.05, 3.63) is 95.1 Å². The first-order valence-electron chi connectivity index (χ1n) is 9.28. The molecule has 0 spiro atoms. The number of benzene rings is 3. The molecular formula is C22H18F2N2O3S. The van der Waals surface area contributed by atoms with Crippen molar-refractivity contribution in [3.63, 3.8) is 0 Å². The molecule has 1 heterocycles. The molecule has 0 unspecified atom stereocenters. The lowest BCUT2D eigenvalue weighted by molar-refractivity contribution is 0.102. The Morgan fingerprint density at radius 1 is 0.900 bits per heavy atom. The van der Waals surface area contributed by atoms with Crippen molar-refractivity contribution in [2.45, 2.75) is 17.9 Å². The molecule has 0 aliphatic carbocycles. The average molecular weight is 428 g/mol. The van der Waals surface area contributed by atoms with Crippen molar-refractivity contribution >= 4 is 21.6 Å². The van der Waals surface area contributed by atoms with Crippen LogP contribution in [0.1, 0.15) is 21.5 Å². The topological polar surface area (TPSA) is 66.5 Å². The van der Waals surface area contributed by atoms with E-state index in [-0.39, 0.29) is 17.0 Å². The summed E-state index contributed by atoms with van der Waals surface area (Å²) < 4.78 is 53.7. The van der Waals surface area contributed by atoms with Crippen molar-refractivity contribution in [3.8, 4) is 0 Å². The second-order valence-electron chi connectivity index (χ2n) is 6.97. The smallest absolute Gasteiger partial charge is 0.255 e. The molecule has 1 aliphatic rings. The first-order chi connectivity index (χ1) is 14.3. The highest BCUT2D eigenvalue weighted by Crippen LogP contribution is 2.27. The van der Waals surface area contributed by atoms with Crippen molar-refractivity contribution < 1.29 is 22.0 Å². The zero-order valence-electron chi connectivity index (χ0n) is 15.8. The van der Waals surface area contributed by atoms with Gasteiger partial charge in [0.1, 0.15) is 0 Å². The molecular weight excluding hydrogens is 410 g/mol. The van der Waals surface area contributed by atoms with Gasteiger partial charge in [-0.2, -0.15) is 4.31 Å². The summed E-state index contributed by atoms with van der Waals surface area (Å²) in [5.74, 6) is -2.71. The van der Waals surface area contributed by atoms with E-state index in [4.69, 9.17) is 0 Å². The number of carbonyl (C=O) groups excluding carboxylic acids is 1. The van der Waals surface area contributed by atoms with Crippen LogP contribution in [0.3, 0.4) is 0 Å². The summed E-state index contributed by atoms with van der Waals surface area (Å²) in [6.45, 7) is 0.548. The molecule has 4 rings (SSSR count). The van der Waals surface area contributed by atoms with Gasteiger partial charge in [0.25, 0.3) is 5.91 Å². The van der Waals surface area contributed by atoms with E-state index < -0.39 is 27.6 Å². The van der Waals surface area contributed by atoms with Gasteiger partial charge >= 0.3 is 0 Å². The van der Waals surface area contributed by atoms with Crippen LogP contribution in [-0.4, -0.2) is 25.2 Å². The van der Waals surface area contributed by atoms with Gasteiger partial charge in [0, 0.05) is 24.3 Å². The largest absolute Gasteiger partial charge is 0.322 e. The number of fused-ring (bicyclic) bond motifs is 1. The molecule has 1 amide bonds. The molecule has 5 nitrogen and oxygen atoms in total. The molecule has 154 valence electrons. The lowest BCUT2D eigenvalue weighted by Crippen LogP contribution is -2.36. The molecule has 0 aromatic heterocycles. The molecule has 0 radical (unpaired) electrons. The molecule has 3 aromatic carbocycles. The Balaban J connectivity index is 1.55. The molecule has 0 saturated carbocycles. The Morgan fingerprint density at radius 3 is 2.40 bits per heavy atom. The molecule has 0 saturated heterocycles. The van der Waals surface area contributed by atoms with Crippen molar-refractivity contribution in [2.24, 2.45) is 0 Å². The monoisotopic (exact) mass is 428 g/mol. The highest BCUT2D eigenvalue weighted by atomic mass is 32.2. The Labute approximate surface area is 173 Å². The highest BCUT2D eigenvalue weighted by molar-refractivity contribution is 7.89. The lowest BCUT2D eigenvalue weighted by atomic mass is 10.0. The fourth-order valence-corrected chi connectivity index (χ4v) is 4.84. The average Bonchev–Trinajstić information content (AvgIpc) is 2.75. The number of carbonyl (C=O) groups is 1. The summed E-state index contributed by atoms with van der Waals surface area (Å²) in [7, 11) is -3.62. The minimum atomic E-state index is -3.62. The molecule has 3 aromatic rings. The van der Waals surface area contributed by atoms with E-state index in [1.54, 1.807) is 42.5 Å². The van der Waals surface area contributed by atoms with Gasteiger partial charge in [-0.15, -0.1) is 0 Å². The number of halogens is 2. The van der Waals surface area contributed by atoms with Gasteiger partial charge in [0.2, 0.25) is 10.0 Å². The van der Waals surface area contributed by atoms with Crippen LogP contribution in [-0.2, 0) is 23.0 Å². The van der Waals surface area contributed by atoms with Crippen LogP contribution >= 0.6 is 0 Å². The zero-order valence-corrected chi connectivity index (χ0v) is 16.6. The van der Waals surface area contributed by atoms with Gasteiger partial charge in [0.05, 0.1) is 4.90 Å². The third kappa shape index (κ3) is 3.96. The van der Waals surface area contributed by atoms with Gasteiger partial charge in [-0.25, -0.2) is 17.2 Å². The maximum absolute atomic E-state index is 13.4. The van der Waals surface area contributed by atoms with Gasteiger partial charge in [-0.1, -0.05) is 24.3 Å². The maximum atomic E-state index is 13.4. The van der Waals surface area contributed by atoms with E-state index >= 15 is 0 Å². The van der Waals surface area contributed by atoms with Crippen LogP contribution < -0.4 is 5.32 Å². The summed E-state index contributed by atoms with van der Waals surface area (Å²) >= 11 is 0. The Hall–Kier alpha value is -3.10. The quantitative estimate of drug-likeness (QED) is 0.684. The number of amides is 1. The summed E-state index contributed by atoms with van der Waals surface area (Å²) in [5.41, 5.74) is 2.21. The number of nitrogens with one attached hydrogen (secondary N) is 1. The van der Waals surface area contributed by atoms with Crippen LogP contribution in [0, 0.1) is 11.6 Å². The molecule has 8 heteroatoms. The third-order valence-corrected chi connectivity index (χ3v) is 6.86. The second kappa shape index (κ2) is 7.97. The number of sulfonamides is 1. The SMILES string of the molecule is O=C(Nc1ccc2c(c1)CN(S(=O)(=O)c1ccccc1)CC2)c1ccc(F)c(F)c1. The number of hydrogen-bond acceptors (Lipinski definition) is 3. The number of hydrogen-bond donors (Lipinski definition) is 1. The third-order valence-electron chi connectivity index (χ3n) is 5.00. The number of rotatable bonds is 4. The molecule has 0 fully saturated rings. The summed E-state index contributed by atoms with van der Waals surface area (Å²) in [4.78, 5) is 12.6. The first kappa shape index (κ1) is 20.2. The minimum absolute atomic E-state index is 0.0140. The van der Waals surface area contributed by atoms with Crippen LogP contribution in [0.5, 0.6) is 0 Å². The predicted octanol–water partition coefficient (Wildman–Crippen LogP) is 3.96. The maximum Gasteiger partial charge on any atom is 0.255 e. The Morgan fingerprint density at radius 2 is 1.67 bits per heavy atom. The van der Waals surface area contributed by atoms with Gasteiger partial charge in [-0.3, -0.25) is 4.79 Å². The fourth-order valence-electron chi connectivity index (χ4n) is 3.40. The van der Waals surface area contributed by atoms with E-state index in [0.29, 0.717) is 18.7 Å². The number of nitrogens with zero attached hydrogens (tertiary/aromatic N) is 1. The minimum Gasteiger partial charge on any atom is -0.322 e. The van der Waals surface area contributed by atoms with Gasteiger partial charge < -0.3 is 5.32 Å². The molecule has 0 atom stereocenters. The molecule has 0 bridgehead atoms. The van der Waals surface area contributed by atoms with E-state index in [1.165, 1.54) is 10.4 Å². The van der Waals surface area contributed by atoms with Crippen molar-refractivity contribution in [2.75, 3.05) is 11.9 Å². The summed E-state index contributed by atoms with van der Waals surface area (Å²) in [6.07, 6.45) is 0.554. The summed E-state index contributed by atoms with van der Waals surface area (Å²) in [5, 5.41) is 2.64. The van der Waals surface area contributed by atoms with E-state index in [0.717, 1.165) is 23.3 Å². The van der Waals surface area contributed by atoms with Gasteiger partial charge in [-0.05, 0) is 60.0 Å². The predicted molar refractivity (Wildman–Crippen MR) is 108 cm³/mol. The van der Waals surface area contributed by atoms with Gasteiger partial charge in [0.15, 0.2) is 11.6 Å². The molecule has 30 heavy (non-hydrogen) atoms. The first-order valence-corrected chi connectivity index (χ1v) is 10.7.